The zero-order chi connectivity index (χ0) is 84.3. The summed E-state index contributed by atoms with van der Waals surface area (Å²) in [5.41, 5.74) is 22.1. The Morgan fingerprint density at radius 3 is 1.66 bits per heavy atom. The minimum atomic E-state index is -4.41. The van der Waals surface area contributed by atoms with E-state index in [4.69, 9.17) is 31.4 Å². The number of nitrogens with two attached hydrogens (primary N) is 2. The van der Waals surface area contributed by atoms with Gasteiger partial charge < -0.3 is 45.2 Å². The number of ether oxygens (including phenoxy) is 1. The molecule has 17 nitrogen and oxygen atoms in total. The number of para-hydroxylation sites is 1. The van der Waals surface area contributed by atoms with Crippen LogP contribution in [-0.4, -0.2) is 126 Å². The number of carbonyl (C=O) groups is 4. The largest absolute Gasteiger partial charge is 0.465 e. The fourth-order valence-electron chi connectivity index (χ4n) is 15.1. The highest BCUT2D eigenvalue weighted by atomic mass is 19.4. The van der Waals surface area contributed by atoms with Crippen LogP contribution in [0, 0.1) is 89.8 Å². The molecule has 2 fully saturated rings. The van der Waals surface area contributed by atoms with E-state index in [9.17, 15) is 37.1 Å². The second-order valence-electron chi connectivity index (χ2n) is 32.9. The summed E-state index contributed by atoms with van der Waals surface area (Å²) in [4.78, 5) is 73.5. The van der Waals surface area contributed by atoms with E-state index in [0.29, 0.717) is 112 Å². The topological polar surface area (TPSA) is 237 Å². The number of aryl methyl sites for hydroxylation is 2. The number of rotatable bonds is 29. The van der Waals surface area contributed by atoms with Crippen molar-refractivity contribution in [1.82, 2.24) is 29.5 Å². The molecule has 618 valence electrons. The van der Waals surface area contributed by atoms with Gasteiger partial charge in [0, 0.05) is 135 Å². The van der Waals surface area contributed by atoms with Crippen LogP contribution in [0.15, 0.2) is 192 Å². The summed E-state index contributed by atoms with van der Waals surface area (Å²) in [5, 5.41) is 20.0. The fourth-order valence-corrected chi connectivity index (χ4v) is 15.1. The Morgan fingerprint density at radius 1 is 0.615 bits per heavy atom. The molecule has 7 aromatic carbocycles. The molecular formula is C97H117F3N10O7. The maximum atomic E-state index is 13.5. The number of fused-ring (bicyclic) bond motifs is 2. The zero-order valence-corrected chi connectivity index (χ0v) is 69.7. The third-order valence-corrected chi connectivity index (χ3v) is 21.9. The lowest BCUT2D eigenvalue weighted by Crippen LogP contribution is -2.44. The van der Waals surface area contributed by atoms with Gasteiger partial charge in [0.2, 0.25) is 5.91 Å². The molecule has 117 heavy (non-hydrogen) atoms. The molecule has 2 saturated heterocycles. The van der Waals surface area contributed by atoms with E-state index in [1.165, 1.54) is 12.1 Å². The van der Waals surface area contributed by atoms with E-state index in [2.05, 4.69) is 87.4 Å². The van der Waals surface area contributed by atoms with Crippen LogP contribution < -0.4 is 22.2 Å². The number of halogens is 3. The standard InChI is InChI=1S/C35H38F3N3O2.C31H40N4O2.C31H39N3O3/c1-22(2)32(20-39(5)17-26-21-43-33-15-24(4)23(3)14-30(33)34(26)42)40(6)18-25-19-41(31-13-8-7-12-29(25)31)28-11-9-10-27(16-28)35(36,37)38;1-23(2)16-17-34-30(37)28(21-29(36)20-27-9-6-18-35(22-27)31(32)33)19-26-14-12-25(13-15-26)11-10-24-7-4-3-5-8-24;1-23(2)16-18-37-30(36)28(21-29(35)20-27-9-6-17-34(22-27)31(32)33)19-26-14-12-25(13-15-26)11-10-24-7-4-3-5-8-24/h7-16,19,21-22,32H,17-18,20H2,1-6H3;3-5,7-8,12-15,23,27-28H,6,9,16-22H2,1-2H3,(H3,32,33)(H,34,37);3-5,7-8,12-15,23,27-28H,6,9,16-22H2,1-2H3,(H3,32,33)/t;2*27-,28-/m.11/s1. The molecule has 9 aromatic rings. The molecule has 2 aromatic heterocycles. The first kappa shape index (κ1) is 89.9. The van der Waals surface area contributed by atoms with Crippen molar-refractivity contribution in [3.63, 3.8) is 0 Å². The molecule has 0 bridgehead atoms. The summed E-state index contributed by atoms with van der Waals surface area (Å²) in [5.74, 6) is 13.2. The van der Waals surface area contributed by atoms with Gasteiger partial charge in [-0.25, -0.2) is 0 Å². The van der Waals surface area contributed by atoms with Gasteiger partial charge in [0.05, 0.1) is 35.3 Å². The van der Waals surface area contributed by atoms with Crippen molar-refractivity contribution >= 4 is 57.2 Å². The summed E-state index contributed by atoms with van der Waals surface area (Å²) in [6.45, 7) is 22.3. The Bertz CT molecular complexity index is 4820. The number of benzene rings is 7. The van der Waals surface area contributed by atoms with Crippen molar-refractivity contribution in [2.75, 3.05) is 60.0 Å². The molecule has 0 spiro atoms. The van der Waals surface area contributed by atoms with Crippen LogP contribution in [0.2, 0.25) is 0 Å². The third-order valence-electron chi connectivity index (χ3n) is 21.9. The van der Waals surface area contributed by atoms with Gasteiger partial charge in [-0.15, -0.1) is 0 Å². The van der Waals surface area contributed by atoms with Crippen LogP contribution in [-0.2, 0) is 56.0 Å². The van der Waals surface area contributed by atoms with Crippen molar-refractivity contribution < 1.29 is 41.5 Å². The maximum absolute atomic E-state index is 13.5. The average Bonchev–Trinajstić information content (AvgIpc) is 1.65. The number of esters is 1. The van der Waals surface area contributed by atoms with Crippen LogP contribution in [0.25, 0.3) is 27.6 Å². The first-order valence-corrected chi connectivity index (χ1v) is 41.1. The van der Waals surface area contributed by atoms with Gasteiger partial charge in [0.1, 0.15) is 17.1 Å². The molecule has 0 radical (unpaired) electrons. The van der Waals surface area contributed by atoms with Gasteiger partial charge in [-0.05, 0) is 222 Å². The molecule has 0 saturated carbocycles. The van der Waals surface area contributed by atoms with Crippen molar-refractivity contribution in [3.8, 4) is 29.4 Å². The monoisotopic (exact) mass is 1590 g/mol. The molecule has 5 atom stereocenters. The van der Waals surface area contributed by atoms with Crippen LogP contribution >= 0.6 is 0 Å². The lowest BCUT2D eigenvalue weighted by atomic mass is 9.87. The molecule has 11 rings (SSSR count). The average molecular weight is 1590 g/mol. The van der Waals surface area contributed by atoms with E-state index >= 15 is 0 Å². The number of nitrogens with one attached hydrogen (secondary N) is 3. The summed E-state index contributed by atoms with van der Waals surface area (Å²) in [7, 11) is 4.08. The number of hydrogen-bond donors (Lipinski definition) is 5. The number of carbonyl (C=O) groups excluding carboxylic acids is 4. The Balaban J connectivity index is 0.000000201. The van der Waals surface area contributed by atoms with Gasteiger partial charge in [-0.2, -0.15) is 13.2 Å². The van der Waals surface area contributed by atoms with Crippen molar-refractivity contribution in [3.05, 3.63) is 254 Å². The van der Waals surface area contributed by atoms with Crippen molar-refractivity contribution in [2.24, 2.45) is 52.9 Å². The van der Waals surface area contributed by atoms with Crippen LogP contribution in [0.4, 0.5) is 13.2 Å². The highest BCUT2D eigenvalue weighted by Crippen LogP contribution is 2.34. The third kappa shape index (κ3) is 28.1. The van der Waals surface area contributed by atoms with Crippen molar-refractivity contribution in [1.29, 1.82) is 10.8 Å². The predicted octanol–water partition coefficient (Wildman–Crippen LogP) is 17.1. The van der Waals surface area contributed by atoms with Gasteiger partial charge in [-0.1, -0.05) is 150 Å². The first-order valence-electron chi connectivity index (χ1n) is 41.1. The summed E-state index contributed by atoms with van der Waals surface area (Å²) >= 11 is 0. The Kier molecular flexibility index (Phi) is 33.6. The lowest BCUT2D eigenvalue weighted by Gasteiger charge is -2.34. The number of ketones is 2. The van der Waals surface area contributed by atoms with Gasteiger partial charge in [-0.3, -0.25) is 39.7 Å². The van der Waals surface area contributed by atoms with Crippen LogP contribution in [0.3, 0.4) is 0 Å². The maximum Gasteiger partial charge on any atom is 0.416 e. The number of alkyl halides is 3. The zero-order valence-electron chi connectivity index (χ0n) is 69.7. The number of piperidine rings is 2. The molecular weight excluding hydrogens is 1470 g/mol. The number of nitrogens with zero attached hydrogens (tertiary/aromatic N) is 5. The molecule has 4 heterocycles. The number of aromatic nitrogens is 1. The highest BCUT2D eigenvalue weighted by Gasteiger charge is 2.33. The number of guanidine groups is 2. The summed E-state index contributed by atoms with van der Waals surface area (Å²) in [6, 6.07) is 52.7. The molecule has 1 unspecified atom stereocenters. The normalized spacial score (nSPS) is 15.0. The van der Waals surface area contributed by atoms with Crippen LogP contribution in [0.1, 0.15) is 167 Å². The quantitative estimate of drug-likeness (QED) is 0.0127. The SMILES string of the molecule is CC(C)CCNC(=O)[C@@H](CC(=O)C[C@H]1CCCN(C(=N)N)C1)Cc1ccc(C#Cc2ccccc2)cc1.CC(C)CCOC(=O)[C@@H](CC(=O)C[C@H]1CCCN(C(=N)N)C1)Cc1ccc(C#Cc2ccccc2)cc1.Cc1cc2occ(CN(C)CC(C(C)C)N(C)Cc3cn(-c4cccc(C(F)(F)F)c4)c4ccccc34)c(=O)c2cc1C. The second-order valence-corrected chi connectivity index (χ2v) is 32.9. The number of amides is 1. The van der Waals surface area contributed by atoms with E-state index < -0.39 is 23.6 Å². The van der Waals surface area contributed by atoms with E-state index in [1.54, 1.807) is 12.3 Å². The molecule has 20 heteroatoms. The van der Waals surface area contributed by atoms with E-state index in [-0.39, 0.29) is 71.5 Å². The summed E-state index contributed by atoms with van der Waals surface area (Å²) < 4.78 is 53.6. The number of likely N-dealkylation sites (N-methyl/N-ethyl adjacent to an activating group) is 2. The molecule has 7 N–H and O–H groups in total. The van der Waals surface area contributed by atoms with Gasteiger partial charge in [0.15, 0.2) is 17.3 Å². The highest BCUT2D eigenvalue weighted by molar-refractivity contribution is 5.88. The minimum absolute atomic E-state index is 0.00643. The second kappa shape index (κ2) is 43.8. The number of likely N-dealkylation sites (tertiary alicyclic amines) is 2. The fraction of sp³-hybridized carbons (Fsp3) is 0.412. The minimum Gasteiger partial charge on any atom is -0.465 e. The lowest BCUT2D eigenvalue weighted by molar-refractivity contribution is -0.150. The molecule has 1 amide bonds. The Morgan fingerprint density at radius 2 is 1.13 bits per heavy atom. The first-order chi connectivity index (χ1) is 55.9. The Labute approximate surface area is 689 Å². The van der Waals surface area contributed by atoms with E-state index in [0.717, 1.165) is 119 Å². The van der Waals surface area contributed by atoms with Crippen molar-refractivity contribution in [2.45, 2.75) is 158 Å². The van der Waals surface area contributed by atoms with E-state index in [1.807, 2.05) is 187 Å². The molecule has 2 aliphatic heterocycles. The van der Waals surface area contributed by atoms with Gasteiger partial charge >= 0.3 is 12.1 Å². The van der Waals surface area contributed by atoms with Crippen LogP contribution in [0.5, 0.6) is 0 Å². The number of Topliss-reactive ketones (excluding diaryl/α,β-unsaturated/α-hetero) is 2. The van der Waals surface area contributed by atoms with Gasteiger partial charge in [0.25, 0.3) is 0 Å². The molecule has 2 aliphatic rings. The summed E-state index contributed by atoms with van der Waals surface area (Å²) in [6.07, 6.45) is 6.70. The predicted molar refractivity (Wildman–Crippen MR) is 463 cm³/mol. The Hall–Kier alpha value is -11.1. The molecule has 0 aliphatic carbocycles. The number of hydrogen-bond acceptors (Lipinski definition) is 11. The smallest absolute Gasteiger partial charge is 0.416 e.